The molecule has 0 radical (unpaired) electrons. The van der Waals surface area contributed by atoms with Crippen LogP contribution in [0, 0.1) is 5.82 Å². The second-order valence-corrected chi connectivity index (χ2v) is 10.9. The molecule has 1 amide bonds. The van der Waals surface area contributed by atoms with Crippen molar-refractivity contribution in [2.75, 3.05) is 44.2 Å². The van der Waals surface area contributed by atoms with E-state index in [1.165, 1.54) is 31.4 Å². The second-order valence-electron chi connectivity index (χ2n) is 10.9. The molecule has 0 unspecified atom stereocenters. The van der Waals surface area contributed by atoms with Crippen molar-refractivity contribution in [1.82, 2.24) is 19.8 Å². The lowest BCUT2D eigenvalue weighted by molar-refractivity contribution is -0.125. The molecule has 1 saturated heterocycles. The number of benzene rings is 2. The predicted octanol–water partition coefficient (Wildman–Crippen LogP) is 4.51. The van der Waals surface area contributed by atoms with Crippen LogP contribution in [0.25, 0.3) is 6.08 Å². The number of hydrogen-bond acceptors (Lipinski definition) is 6. The third-order valence-electron chi connectivity index (χ3n) is 8.33. The van der Waals surface area contributed by atoms with Crippen LogP contribution in [0.1, 0.15) is 41.6 Å². The molecular weight excluding hydrogens is 505 g/mol. The Morgan fingerprint density at radius 2 is 1.70 bits per heavy atom. The first kappa shape index (κ1) is 26.4. The van der Waals surface area contributed by atoms with Crippen LogP contribution in [0.3, 0.4) is 0 Å². The summed E-state index contributed by atoms with van der Waals surface area (Å²) in [4.78, 5) is 29.5. The number of nitrogens with zero attached hydrogens (tertiary/aromatic N) is 5. The number of rotatable bonds is 7. The molecule has 0 atom stereocenters. The van der Waals surface area contributed by atoms with E-state index >= 15 is 0 Å². The summed E-state index contributed by atoms with van der Waals surface area (Å²) in [5, 5.41) is 0. The van der Waals surface area contributed by atoms with Crippen LogP contribution in [0.2, 0.25) is 0 Å². The van der Waals surface area contributed by atoms with Gasteiger partial charge in [0.1, 0.15) is 18.2 Å². The van der Waals surface area contributed by atoms with Crippen molar-refractivity contribution in [2.45, 2.75) is 44.8 Å². The monoisotopic (exact) mass is 541 g/mol. The number of aromatic nitrogens is 2. The van der Waals surface area contributed by atoms with Gasteiger partial charge in [-0.05, 0) is 66.3 Å². The van der Waals surface area contributed by atoms with E-state index in [9.17, 15) is 9.18 Å². The van der Waals surface area contributed by atoms with E-state index in [4.69, 9.17) is 14.7 Å². The fourth-order valence-corrected chi connectivity index (χ4v) is 5.57. The highest BCUT2D eigenvalue weighted by Crippen LogP contribution is 2.26. The van der Waals surface area contributed by atoms with Crippen molar-refractivity contribution in [3.8, 4) is 5.75 Å². The zero-order valence-electron chi connectivity index (χ0n) is 22.8. The van der Waals surface area contributed by atoms with Crippen LogP contribution in [0.4, 0.5) is 10.3 Å². The van der Waals surface area contributed by atoms with Gasteiger partial charge in [0.05, 0.1) is 5.69 Å². The average Bonchev–Trinajstić information content (AvgIpc) is 3.18. The lowest BCUT2D eigenvalue weighted by atomic mass is 9.91. The number of amides is 1. The molecule has 0 spiro atoms. The Bertz CT molecular complexity index is 1330. The number of ether oxygens (including phenoxy) is 1. The van der Waals surface area contributed by atoms with E-state index < -0.39 is 0 Å². The Morgan fingerprint density at radius 3 is 2.42 bits per heavy atom. The molecule has 3 aliphatic rings. The van der Waals surface area contributed by atoms with Crippen molar-refractivity contribution >= 4 is 17.9 Å². The first-order chi connectivity index (χ1) is 19.6. The number of carbonyl (C=O) groups excluding carboxylic acids is 1. The Labute approximate surface area is 235 Å². The zero-order valence-corrected chi connectivity index (χ0v) is 22.8. The number of halogens is 1. The predicted molar refractivity (Wildman–Crippen MR) is 154 cm³/mol. The molecule has 1 aromatic heterocycles. The van der Waals surface area contributed by atoms with Gasteiger partial charge in [0.25, 0.3) is 0 Å². The number of piperazine rings is 1. The van der Waals surface area contributed by atoms with Crippen LogP contribution in [0.15, 0.2) is 60.8 Å². The summed E-state index contributed by atoms with van der Waals surface area (Å²) < 4.78 is 18.8. The molecule has 7 nitrogen and oxygen atoms in total. The third-order valence-corrected chi connectivity index (χ3v) is 8.33. The molecule has 0 bridgehead atoms. The van der Waals surface area contributed by atoms with Gasteiger partial charge >= 0.3 is 0 Å². The van der Waals surface area contributed by atoms with Gasteiger partial charge < -0.3 is 14.5 Å². The Morgan fingerprint density at radius 1 is 0.950 bits per heavy atom. The quantitative estimate of drug-likeness (QED) is 0.411. The van der Waals surface area contributed by atoms with Gasteiger partial charge in [0, 0.05) is 64.0 Å². The van der Waals surface area contributed by atoms with Crippen LogP contribution in [0.5, 0.6) is 5.75 Å². The topological polar surface area (TPSA) is 61.8 Å². The summed E-state index contributed by atoms with van der Waals surface area (Å²) >= 11 is 0. The summed E-state index contributed by atoms with van der Waals surface area (Å²) in [5.41, 5.74) is 4.04. The molecule has 8 heteroatoms. The van der Waals surface area contributed by atoms with Gasteiger partial charge in [0.15, 0.2) is 0 Å². The molecule has 6 rings (SSSR count). The number of carbonyl (C=O) groups is 1. The Kier molecular flexibility index (Phi) is 8.04. The van der Waals surface area contributed by atoms with E-state index in [1.54, 1.807) is 18.2 Å². The van der Waals surface area contributed by atoms with Crippen molar-refractivity contribution in [3.63, 3.8) is 0 Å². The van der Waals surface area contributed by atoms with E-state index in [2.05, 4.69) is 9.80 Å². The highest BCUT2D eigenvalue weighted by atomic mass is 19.1. The minimum absolute atomic E-state index is 0.00439. The highest BCUT2D eigenvalue weighted by Gasteiger charge is 2.29. The average molecular weight is 542 g/mol. The Balaban J connectivity index is 0.995. The molecule has 3 aromatic rings. The standard InChI is InChI=1S/C32H36FN5O2/c33-27-9-4-25(5-10-27)23-40-29-11-6-24(7-12-29)8-13-31(39)37-16-14-26-22-34-32(35-30(26)15-17-37)38-20-18-36(19-21-38)28-2-1-3-28/h4-13,22,28H,1-3,14-21,23H2/b13-8+. The van der Waals surface area contributed by atoms with Crippen LogP contribution in [-0.2, 0) is 24.2 Å². The van der Waals surface area contributed by atoms with Crippen LogP contribution in [-0.4, -0.2) is 71.0 Å². The number of anilines is 1. The van der Waals surface area contributed by atoms with E-state index in [0.29, 0.717) is 19.7 Å². The van der Waals surface area contributed by atoms with Crippen LogP contribution < -0.4 is 9.64 Å². The van der Waals surface area contributed by atoms with Gasteiger partial charge in [-0.1, -0.05) is 30.7 Å². The summed E-state index contributed by atoms with van der Waals surface area (Å²) in [6, 6.07) is 14.7. The molecule has 1 aliphatic carbocycles. The number of hydrogen-bond donors (Lipinski definition) is 0. The fraction of sp³-hybridized carbons (Fsp3) is 0.406. The molecule has 2 aromatic carbocycles. The normalized spacial score (nSPS) is 18.3. The summed E-state index contributed by atoms with van der Waals surface area (Å²) in [7, 11) is 0. The second kappa shape index (κ2) is 12.2. The lowest BCUT2D eigenvalue weighted by Gasteiger charge is -2.43. The maximum atomic E-state index is 13.1. The fourth-order valence-electron chi connectivity index (χ4n) is 5.57. The van der Waals surface area contributed by atoms with Gasteiger partial charge in [-0.3, -0.25) is 9.69 Å². The SMILES string of the molecule is O=C(/C=C/c1ccc(OCc2ccc(F)cc2)cc1)N1CCc2cnc(N3CCN(C4CCC4)CC3)nc2CC1. The maximum Gasteiger partial charge on any atom is 0.246 e. The van der Waals surface area contributed by atoms with Gasteiger partial charge in [0.2, 0.25) is 11.9 Å². The summed E-state index contributed by atoms with van der Waals surface area (Å²) in [6.07, 6.45) is 11.0. The minimum Gasteiger partial charge on any atom is -0.489 e. The van der Waals surface area contributed by atoms with Crippen molar-refractivity contribution in [3.05, 3.63) is 89.0 Å². The number of fused-ring (bicyclic) bond motifs is 1. The molecule has 1 saturated carbocycles. The zero-order chi connectivity index (χ0) is 27.3. The molecule has 2 aliphatic heterocycles. The minimum atomic E-state index is -0.259. The molecule has 40 heavy (non-hydrogen) atoms. The molecule has 2 fully saturated rings. The third kappa shape index (κ3) is 6.33. The van der Waals surface area contributed by atoms with E-state index in [-0.39, 0.29) is 11.7 Å². The summed E-state index contributed by atoms with van der Waals surface area (Å²) in [6.45, 7) is 5.82. The van der Waals surface area contributed by atoms with Crippen LogP contribution >= 0.6 is 0 Å². The molecular formula is C32H36FN5O2. The molecule has 208 valence electrons. The Hall–Kier alpha value is -3.78. The van der Waals surface area contributed by atoms with Crippen molar-refractivity contribution in [2.24, 2.45) is 0 Å². The lowest BCUT2D eigenvalue weighted by Crippen LogP contribution is -2.52. The smallest absolute Gasteiger partial charge is 0.246 e. The first-order valence-electron chi connectivity index (χ1n) is 14.4. The van der Waals surface area contributed by atoms with E-state index in [1.807, 2.05) is 41.4 Å². The van der Waals surface area contributed by atoms with Gasteiger partial charge in [-0.25, -0.2) is 14.4 Å². The van der Waals surface area contributed by atoms with Crippen molar-refractivity contribution < 1.29 is 13.9 Å². The highest BCUT2D eigenvalue weighted by molar-refractivity contribution is 5.91. The first-order valence-corrected chi connectivity index (χ1v) is 14.4. The molecule has 3 heterocycles. The van der Waals surface area contributed by atoms with Crippen molar-refractivity contribution in [1.29, 1.82) is 0 Å². The molecule has 0 N–H and O–H groups in total. The van der Waals surface area contributed by atoms with E-state index in [0.717, 1.165) is 79.1 Å². The van der Waals surface area contributed by atoms with Gasteiger partial charge in [-0.2, -0.15) is 0 Å². The largest absolute Gasteiger partial charge is 0.489 e. The maximum absolute atomic E-state index is 13.1. The van der Waals surface area contributed by atoms with Gasteiger partial charge in [-0.15, -0.1) is 0 Å². The summed E-state index contributed by atoms with van der Waals surface area (Å²) in [5.74, 6) is 1.30.